The number of carbonyl (C=O) groups is 1. The summed E-state index contributed by atoms with van der Waals surface area (Å²) in [7, 11) is 0. The maximum atomic E-state index is 11.6. The molecule has 0 saturated heterocycles. The fourth-order valence-electron chi connectivity index (χ4n) is 2.51. The maximum absolute atomic E-state index is 11.6. The van der Waals surface area contributed by atoms with E-state index in [0.29, 0.717) is 11.4 Å². The molecule has 2 nitrogen and oxygen atoms in total. The second-order valence-electron chi connectivity index (χ2n) is 5.08. The van der Waals surface area contributed by atoms with Crippen LogP contribution in [0, 0.1) is 11.3 Å². The SMILES string of the molecule is CC(=O)CC(c1ccc(Cl)cc1)C(C#N)c1ccccc1. The summed E-state index contributed by atoms with van der Waals surface area (Å²) in [4.78, 5) is 11.6. The molecule has 0 bridgehead atoms. The van der Waals surface area contributed by atoms with Crippen LogP contribution in [-0.2, 0) is 4.79 Å². The quantitative estimate of drug-likeness (QED) is 0.802. The van der Waals surface area contributed by atoms with E-state index in [1.165, 1.54) is 0 Å². The van der Waals surface area contributed by atoms with Gasteiger partial charge in [-0.2, -0.15) is 5.26 Å². The third kappa shape index (κ3) is 3.93. The topological polar surface area (TPSA) is 40.9 Å². The average Bonchev–Trinajstić information content (AvgIpc) is 2.48. The molecule has 3 heteroatoms. The van der Waals surface area contributed by atoms with Gasteiger partial charge in [-0.3, -0.25) is 0 Å². The monoisotopic (exact) mass is 297 g/mol. The molecule has 0 aliphatic rings. The van der Waals surface area contributed by atoms with Gasteiger partial charge in [-0.15, -0.1) is 0 Å². The first-order chi connectivity index (χ1) is 10.1. The van der Waals surface area contributed by atoms with E-state index in [-0.39, 0.29) is 17.6 Å². The zero-order valence-electron chi connectivity index (χ0n) is 11.8. The Bertz CT molecular complexity index is 643. The smallest absolute Gasteiger partial charge is 0.130 e. The lowest BCUT2D eigenvalue weighted by molar-refractivity contribution is -0.117. The Hall–Kier alpha value is -2.11. The van der Waals surface area contributed by atoms with Crippen LogP contribution in [0.15, 0.2) is 54.6 Å². The van der Waals surface area contributed by atoms with E-state index in [4.69, 9.17) is 11.6 Å². The van der Waals surface area contributed by atoms with Crippen molar-refractivity contribution in [3.8, 4) is 6.07 Å². The van der Waals surface area contributed by atoms with Crippen LogP contribution in [0.5, 0.6) is 0 Å². The van der Waals surface area contributed by atoms with Crippen molar-refractivity contribution in [1.82, 2.24) is 0 Å². The van der Waals surface area contributed by atoms with Gasteiger partial charge in [0.15, 0.2) is 0 Å². The number of hydrogen-bond acceptors (Lipinski definition) is 2. The largest absolute Gasteiger partial charge is 0.300 e. The summed E-state index contributed by atoms with van der Waals surface area (Å²) in [6.07, 6.45) is 0.342. The third-order valence-electron chi connectivity index (χ3n) is 3.51. The number of Topliss-reactive ketones (excluding diaryl/α,β-unsaturated/α-hetero) is 1. The molecule has 0 aliphatic heterocycles. The van der Waals surface area contributed by atoms with Gasteiger partial charge >= 0.3 is 0 Å². The Labute approximate surface area is 130 Å². The van der Waals surface area contributed by atoms with Crippen molar-refractivity contribution in [3.63, 3.8) is 0 Å². The molecule has 0 heterocycles. The minimum Gasteiger partial charge on any atom is -0.300 e. The zero-order chi connectivity index (χ0) is 15.2. The van der Waals surface area contributed by atoms with E-state index < -0.39 is 0 Å². The van der Waals surface area contributed by atoms with E-state index in [9.17, 15) is 10.1 Å². The molecule has 0 aromatic heterocycles. The normalized spacial score (nSPS) is 13.2. The molecule has 0 fully saturated rings. The Morgan fingerprint density at radius 1 is 1.10 bits per heavy atom. The van der Waals surface area contributed by atoms with Gasteiger partial charge < -0.3 is 4.79 Å². The van der Waals surface area contributed by atoms with Crippen LogP contribution in [-0.4, -0.2) is 5.78 Å². The van der Waals surface area contributed by atoms with Gasteiger partial charge in [0, 0.05) is 17.4 Å². The number of carbonyl (C=O) groups excluding carboxylic acids is 1. The fourth-order valence-corrected chi connectivity index (χ4v) is 2.63. The summed E-state index contributed by atoms with van der Waals surface area (Å²) in [6, 6.07) is 19.3. The number of rotatable bonds is 5. The lowest BCUT2D eigenvalue weighted by Gasteiger charge is -2.22. The number of nitrogens with zero attached hydrogens (tertiary/aromatic N) is 1. The highest BCUT2D eigenvalue weighted by Crippen LogP contribution is 2.35. The number of nitriles is 1. The van der Waals surface area contributed by atoms with Gasteiger partial charge in [-0.25, -0.2) is 0 Å². The van der Waals surface area contributed by atoms with E-state index in [2.05, 4.69) is 6.07 Å². The second-order valence-corrected chi connectivity index (χ2v) is 5.52. The van der Waals surface area contributed by atoms with Crippen LogP contribution in [0.3, 0.4) is 0 Å². The standard InChI is InChI=1S/C18H16ClNO/c1-13(21)11-17(15-7-9-16(19)10-8-15)18(12-20)14-5-3-2-4-6-14/h2-10,17-18H,11H2,1H3. The zero-order valence-corrected chi connectivity index (χ0v) is 12.5. The Morgan fingerprint density at radius 2 is 1.71 bits per heavy atom. The molecular weight excluding hydrogens is 282 g/mol. The lowest BCUT2D eigenvalue weighted by Crippen LogP contribution is -2.13. The summed E-state index contributed by atoms with van der Waals surface area (Å²) in [5.74, 6) is -0.436. The van der Waals surface area contributed by atoms with Crippen LogP contribution in [0.2, 0.25) is 5.02 Å². The van der Waals surface area contributed by atoms with Crippen molar-refractivity contribution in [2.45, 2.75) is 25.2 Å². The van der Waals surface area contributed by atoms with Gasteiger partial charge in [0.2, 0.25) is 0 Å². The number of hydrogen-bond donors (Lipinski definition) is 0. The molecule has 0 N–H and O–H groups in total. The van der Waals surface area contributed by atoms with Crippen molar-refractivity contribution in [2.75, 3.05) is 0 Å². The first kappa shape index (κ1) is 15.3. The highest BCUT2D eigenvalue weighted by atomic mass is 35.5. The van der Waals surface area contributed by atoms with E-state index in [1.54, 1.807) is 19.1 Å². The Kier molecular flexibility index (Phi) is 5.14. The first-order valence-corrected chi connectivity index (χ1v) is 7.19. The molecule has 0 saturated carbocycles. The van der Waals surface area contributed by atoms with E-state index in [1.807, 2.05) is 42.5 Å². The van der Waals surface area contributed by atoms with Crippen LogP contribution < -0.4 is 0 Å². The summed E-state index contributed by atoms with van der Waals surface area (Å²) in [5.41, 5.74) is 1.89. The first-order valence-electron chi connectivity index (χ1n) is 6.81. The molecule has 0 spiro atoms. The molecule has 2 aromatic rings. The average molecular weight is 298 g/mol. The molecule has 106 valence electrons. The molecule has 2 atom stereocenters. The lowest BCUT2D eigenvalue weighted by atomic mass is 9.79. The molecule has 2 rings (SSSR count). The Morgan fingerprint density at radius 3 is 2.24 bits per heavy atom. The second kappa shape index (κ2) is 7.06. The van der Waals surface area contributed by atoms with Crippen LogP contribution in [0.1, 0.15) is 36.3 Å². The predicted molar refractivity (Wildman–Crippen MR) is 84.3 cm³/mol. The van der Waals surface area contributed by atoms with Crippen LogP contribution in [0.25, 0.3) is 0 Å². The molecule has 0 aliphatic carbocycles. The molecule has 21 heavy (non-hydrogen) atoms. The molecule has 0 radical (unpaired) electrons. The summed E-state index contributed by atoms with van der Waals surface area (Å²) >= 11 is 5.92. The number of ketones is 1. The number of halogens is 1. The minimum absolute atomic E-state index is 0.0751. The van der Waals surface area contributed by atoms with Crippen molar-refractivity contribution < 1.29 is 4.79 Å². The summed E-state index contributed by atoms with van der Waals surface area (Å²) in [6.45, 7) is 1.56. The Balaban J connectivity index is 2.41. The summed E-state index contributed by atoms with van der Waals surface area (Å²) < 4.78 is 0. The molecule has 2 unspecified atom stereocenters. The highest BCUT2D eigenvalue weighted by Gasteiger charge is 2.26. The highest BCUT2D eigenvalue weighted by molar-refractivity contribution is 6.30. The predicted octanol–water partition coefficient (Wildman–Crippen LogP) is 4.71. The van der Waals surface area contributed by atoms with Gasteiger partial charge in [0.05, 0.1) is 12.0 Å². The van der Waals surface area contributed by atoms with Crippen molar-refractivity contribution in [3.05, 3.63) is 70.7 Å². The van der Waals surface area contributed by atoms with Gasteiger partial charge in [-0.05, 0) is 30.2 Å². The summed E-state index contributed by atoms with van der Waals surface area (Å²) in [5, 5.41) is 10.2. The van der Waals surface area contributed by atoms with E-state index in [0.717, 1.165) is 11.1 Å². The van der Waals surface area contributed by atoms with Gasteiger partial charge in [0.1, 0.15) is 5.78 Å². The third-order valence-corrected chi connectivity index (χ3v) is 3.76. The van der Waals surface area contributed by atoms with Crippen LogP contribution in [0.4, 0.5) is 0 Å². The van der Waals surface area contributed by atoms with Crippen molar-refractivity contribution in [2.24, 2.45) is 0 Å². The fraction of sp³-hybridized carbons (Fsp3) is 0.222. The van der Waals surface area contributed by atoms with Crippen molar-refractivity contribution >= 4 is 17.4 Å². The minimum atomic E-state index is -0.351. The maximum Gasteiger partial charge on any atom is 0.130 e. The molecule has 0 amide bonds. The molecular formula is C18H16ClNO. The van der Waals surface area contributed by atoms with Gasteiger partial charge in [0.25, 0.3) is 0 Å². The van der Waals surface area contributed by atoms with Crippen LogP contribution >= 0.6 is 11.6 Å². The molecule has 2 aromatic carbocycles. The van der Waals surface area contributed by atoms with E-state index >= 15 is 0 Å². The van der Waals surface area contributed by atoms with Gasteiger partial charge in [-0.1, -0.05) is 54.1 Å². The number of benzene rings is 2. The van der Waals surface area contributed by atoms with Crippen molar-refractivity contribution in [1.29, 1.82) is 5.26 Å².